The van der Waals surface area contributed by atoms with Crippen LogP contribution < -0.4 is 0 Å². The Morgan fingerprint density at radius 1 is 1.24 bits per heavy atom. The second-order valence-electron chi connectivity index (χ2n) is 3.66. The van der Waals surface area contributed by atoms with Gasteiger partial charge in [-0.3, -0.25) is 0 Å². The van der Waals surface area contributed by atoms with Crippen LogP contribution in [0.1, 0.15) is 10.5 Å². The van der Waals surface area contributed by atoms with E-state index in [1.807, 2.05) is 30.5 Å². The highest BCUT2D eigenvalue weighted by Crippen LogP contribution is 2.31. The number of carbonyl (C=O) groups is 1. The summed E-state index contributed by atoms with van der Waals surface area (Å²) in [6.45, 7) is 0. The molecule has 0 spiro atoms. The first-order valence-electron chi connectivity index (χ1n) is 5.13. The molecule has 1 aromatic heterocycles. The van der Waals surface area contributed by atoms with E-state index in [1.54, 1.807) is 17.7 Å². The maximum atomic E-state index is 11.7. The molecule has 3 nitrogen and oxygen atoms in total. The highest BCUT2D eigenvalue weighted by Gasteiger charge is 2.18. The molecule has 0 unspecified atom stereocenters. The fraction of sp³-hybridized carbons (Fsp3) is 0.154. The Balaban J connectivity index is 2.61. The summed E-state index contributed by atoms with van der Waals surface area (Å²) in [5, 5.41) is 0.615. The van der Waals surface area contributed by atoms with Crippen molar-refractivity contribution >= 4 is 17.6 Å². The van der Waals surface area contributed by atoms with Crippen LogP contribution in [0.4, 0.5) is 0 Å². The van der Waals surface area contributed by atoms with Crippen LogP contribution in [0.25, 0.3) is 11.1 Å². The minimum absolute atomic E-state index is 0.368. The van der Waals surface area contributed by atoms with E-state index in [-0.39, 0.29) is 5.97 Å². The molecule has 17 heavy (non-hydrogen) atoms. The van der Waals surface area contributed by atoms with Crippen LogP contribution in [-0.4, -0.2) is 17.6 Å². The summed E-state index contributed by atoms with van der Waals surface area (Å²) in [6, 6.07) is 9.27. The number of esters is 1. The van der Waals surface area contributed by atoms with Crippen LogP contribution in [0, 0.1) is 0 Å². The van der Waals surface area contributed by atoms with Gasteiger partial charge in [0.2, 0.25) is 0 Å². The molecule has 4 heteroatoms. The van der Waals surface area contributed by atoms with Crippen molar-refractivity contribution in [1.29, 1.82) is 0 Å². The second-order valence-corrected chi connectivity index (χ2v) is 4.07. The molecule has 2 rings (SSSR count). The first-order valence-corrected chi connectivity index (χ1v) is 5.51. The summed E-state index contributed by atoms with van der Waals surface area (Å²) in [4.78, 5) is 11.7. The van der Waals surface area contributed by atoms with Gasteiger partial charge in [0.1, 0.15) is 5.69 Å². The molecule has 0 aliphatic rings. The van der Waals surface area contributed by atoms with E-state index in [1.165, 1.54) is 7.11 Å². The van der Waals surface area contributed by atoms with E-state index in [0.717, 1.165) is 11.1 Å². The van der Waals surface area contributed by atoms with E-state index in [9.17, 15) is 4.79 Å². The third-order valence-corrected chi connectivity index (χ3v) is 2.94. The van der Waals surface area contributed by atoms with Crippen molar-refractivity contribution in [1.82, 2.24) is 4.57 Å². The Labute approximate surface area is 105 Å². The maximum Gasteiger partial charge on any atom is 0.355 e. The van der Waals surface area contributed by atoms with Crippen molar-refractivity contribution in [3.8, 4) is 11.1 Å². The predicted molar refractivity (Wildman–Crippen MR) is 67.2 cm³/mol. The van der Waals surface area contributed by atoms with Crippen molar-refractivity contribution in [2.24, 2.45) is 7.05 Å². The van der Waals surface area contributed by atoms with Gasteiger partial charge < -0.3 is 9.30 Å². The average Bonchev–Trinajstić information content (AvgIpc) is 2.71. The number of hydrogen-bond acceptors (Lipinski definition) is 2. The van der Waals surface area contributed by atoms with Gasteiger partial charge in [-0.2, -0.15) is 0 Å². The molecule has 0 bridgehead atoms. The van der Waals surface area contributed by atoms with E-state index < -0.39 is 0 Å². The number of halogens is 1. The first-order chi connectivity index (χ1) is 8.15. The predicted octanol–water partition coefficient (Wildman–Crippen LogP) is 3.13. The third-order valence-electron chi connectivity index (χ3n) is 2.62. The van der Waals surface area contributed by atoms with Gasteiger partial charge in [0.25, 0.3) is 0 Å². The smallest absolute Gasteiger partial charge is 0.355 e. The Hall–Kier alpha value is -1.74. The lowest BCUT2D eigenvalue weighted by molar-refractivity contribution is 0.0591. The second kappa shape index (κ2) is 4.63. The van der Waals surface area contributed by atoms with Crippen molar-refractivity contribution in [3.05, 3.63) is 47.2 Å². The molecule has 0 fully saturated rings. The molecule has 0 radical (unpaired) electrons. The molecule has 0 aliphatic carbocycles. The SMILES string of the molecule is COC(=O)c1c(-c2ccccc2Cl)ccn1C. The molecular formula is C13H12ClNO2. The standard InChI is InChI=1S/C13H12ClNO2/c1-15-8-7-10(12(15)13(16)17-2)9-5-3-4-6-11(9)14/h3-8H,1-2H3. The number of aryl methyl sites for hydroxylation is 1. The maximum absolute atomic E-state index is 11.7. The highest BCUT2D eigenvalue weighted by atomic mass is 35.5. The van der Waals surface area contributed by atoms with Crippen LogP contribution >= 0.6 is 11.6 Å². The summed E-state index contributed by atoms with van der Waals surface area (Å²) in [7, 11) is 3.16. The zero-order chi connectivity index (χ0) is 12.4. The monoisotopic (exact) mass is 249 g/mol. The summed E-state index contributed by atoms with van der Waals surface area (Å²) < 4.78 is 6.50. The number of aromatic nitrogens is 1. The Kier molecular flexibility index (Phi) is 3.20. The zero-order valence-electron chi connectivity index (χ0n) is 9.61. The number of hydrogen-bond donors (Lipinski definition) is 0. The quantitative estimate of drug-likeness (QED) is 0.766. The number of methoxy groups -OCH3 is 1. The van der Waals surface area contributed by atoms with Gasteiger partial charge in [0, 0.05) is 29.4 Å². The summed E-state index contributed by atoms with van der Waals surface area (Å²) in [6.07, 6.45) is 1.81. The van der Waals surface area contributed by atoms with Crippen LogP contribution in [0.2, 0.25) is 5.02 Å². The lowest BCUT2D eigenvalue weighted by Crippen LogP contribution is -2.08. The number of ether oxygens (including phenoxy) is 1. The molecule has 88 valence electrons. The lowest BCUT2D eigenvalue weighted by atomic mass is 10.1. The molecule has 0 saturated heterocycles. The van der Waals surface area contributed by atoms with Crippen molar-refractivity contribution in [2.45, 2.75) is 0 Å². The molecule has 1 heterocycles. The van der Waals surface area contributed by atoms with Crippen LogP contribution in [0.3, 0.4) is 0 Å². The normalized spacial score (nSPS) is 10.3. The van der Waals surface area contributed by atoms with Crippen molar-refractivity contribution in [2.75, 3.05) is 7.11 Å². The van der Waals surface area contributed by atoms with Crippen molar-refractivity contribution in [3.63, 3.8) is 0 Å². The van der Waals surface area contributed by atoms with Gasteiger partial charge in [-0.05, 0) is 12.1 Å². The fourth-order valence-corrected chi connectivity index (χ4v) is 2.01. The Bertz CT molecular complexity index is 560. The first kappa shape index (κ1) is 11.7. The van der Waals surface area contributed by atoms with Gasteiger partial charge >= 0.3 is 5.97 Å². The third kappa shape index (κ3) is 2.06. The molecule has 0 amide bonds. The van der Waals surface area contributed by atoms with E-state index >= 15 is 0 Å². The van der Waals surface area contributed by atoms with Crippen molar-refractivity contribution < 1.29 is 9.53 Å². The van der Waals surface area contributed by atoms with Gasteiger partial charge in [0.05, 0.1) is 7.11 Å². The average molecular weight is 250 g/mol. The number of nitrogens with zero attached hydrogens (tertiary/aromatic N) is 1. The molecule has 0 N–H and O–H groups in total. The van der Waals surface area contributed by atoms with Crippen LogP contribution in [0.5, 0.6) is 0 Å². The summed E-state index contributed by atoms with van der Waals surface area (Å²) in [5.74, 6) is -0.368. The lowest BCUT2D eigenvalue weighted by Gasteiger charge is -2.07. The topological polar surface area (TPSA) is 31.2 Å². The van der Waals surface area contributed by atoms with Crippen LogP contribution in [0.15, 0.2) is 36.5 Å². The Morgan fingerprint density at radius 3 is 2.59 bits per heavy atom. The summed E-state index contributed by atoms with van der Waals surface area (Å²) >= 11 is 6.13. The van der Waals surface area contributed by atoms with Gasteiger partial charge in [-0.1, -0.05) is 29.8 Å². The van der Waals surface area contributed by atoms with E-state index in [2.05, 4.69) is 0 Å². The van der Waals surface area contributed by atoms with Crippen LogP contribution in [-0.2, 0) is 11.8 Å². The van der Waals surface area contributed by atoms with E-state index in [0.29, 0.717) is 10.7 Å². The van der Waals surface area contributed by atoms with E-state index in [4.69, 9.17) is 16.3 Å². The number of benzene rings is 1. The van der Waals surface area contributed by atoms with Gasteiger partial charge in [-0.25, -0.2) is 4.79 Å². The minimum atomic E-state index is -0.368. The molecule has 0 aliphatic heterocycles. The fourth-order valence-electron chi connectivity index (χ4n) is 1.78. The number of rotatable bonds is 2. The number of carbonyl (C=O) groups excluding carboxylic acids is 1. The van der Waals surface area contributed by atoms with Gasteiger partial charge in [0.15, 0.2) is 0 Å². The molecule has 2 aromatic rings. The molecule has 0 atom stereocenters. The highest BCUT2D eigenvalue weighted by molar-refractivity contribution is 6.33. The summed E-state index contributed by atoms with van der Waals surface area (Å²) in [5.41, 5.74) is 2.11. The van der Waals surface area contributed by atoms with Gasteiger partial charge in [-0.15, -0.1) is 0 Å². The largest absolute Gasteiger partial charge is 0.464 e. The molecular weight excluding hydrogens is 238 g/mol. The minimum Gasteiger partial charge on any atom is -0.464 e. The zero-order valence-corrected chi connectivity index (χ0v) is 10.4. The molecule has 1 aromatic carbocycles. The Morgan fingerprint density at radius 2 is 1.94 bits per heavy atom. The molecule has 0 saturated carbocycles.